The van der Waals surface area contributed by atoms with Crippen LogP contribution >= 0.6 is 24.8 Å². The van der Waals surface area contributed by atoms with Gasteiger partial charge in [0.25, 0.3) is 0 Å². The van der Waals surface area contributed by atoms with E-state index in [1.54, 1.807) is 0 Å². The molecule has 2 N–H and O–H groups in total. The normalized spacial score (nSPS) is 9.78. The van der Waals surface area contributed by atoms with Crippen LogP contribution in [0.2, 0.25) is 0 Å². The van der Waals surface area contributed by atoms with E-state index in [0.717, 1.165) is 24.5 Å². The molecule has 0 saturated carbocycles. The molecule has 0 aliphatic carbocycles. The molecule has 1 heterocycles. The maximum absolute atomic E-state index is 5.74. The number of nitrogens with two attached hydrogens (primary N) is 1. The lowest BCUT2D eigenvalue weighted by Crippen LogP contribution is -2.05. The second-order valence-electron chi connectivity index (χ2n) is 5.13. The van der Waals surface area contributed by atoms with Crippen molar-refractivity contribution >= 4 is 24.8 Å². The lowest BCUT2D eigenvalue weighted by atomic mass is 10.1. The van der Waals surface area contributed by atoms with Crippen LogP contribution in [0.25, 0.3) is 0 Å². The Kier molecular flexibility index (Phi) is 7.83. The molecule has 0 unspecified atom stereocenters. The molecule has 0 aliphatic rings. The summed E-state index contributed by atoms with van der Waals surface area (Å²) in [7, 11) is 0. The van der Waals surface area contributed by atoms with Crippen molar-refractivity contribution in [2.75, 3.05) is 0 Å². The molecule has 0 radical (unpaired) electrons. The molecule has 3 aromatic rings. The fourth-order valence-electron chi connectivity index (χ4n) is 2.45. The molecule has 0 amide bonds. The largest absolute Gasteiger partial charge is 0.330 e. The van der Waals surface area contributed by atoms with E-state index in [2.05, 4.69) is 64.3 Å². The van der Waals surface area contributed by atoms with Crippen molar-refractivity contribution in [1.82, 2.24) is 9.55 Å². The highest BCUT2D eigenvalue weighted by Crippen LogP contribution is 2.12. The molecule has 23 heavy (non-hydrogen) atoms. The Balaban J connectivity index is 0.00000132. The van der Waals surface area contributed by atoms with Crippen LogP contribution < -0.4 is 5.73 Å². The number of benzene rings is 2. The smallest absolute Gasteiger partial charge is 0.113 e. The number of rotatable bonds is 5. The second kappa shape index (κ2) is 9.36. The van der Waals surface area contributed by atoms with Gasteiger partial charge >= 0.3 is 0 Å². The summed E-state index contributed by atoms with van der Waals surface area (Å²) in [5.41, 5.74) is 9.22. The number of halogens is 2. The summed E-state index contributed by atoms with van der Waals surface area (Å²) in [6.45, 7) is 1.31. The maximum Gasteiger partial charge on any atom is 0.113 e. The van der Waals surface area contributed by atoms with Crippen molar-refractivity contribution in [3.05, 3.63) is 89.5 Å². The van der Waals surface area contributed by atoms with Crippen molar-refractivity contribution in [1.29, 1.82) is 0 Å². The van der Waals surface area contributed by atoms with Gasteiger partial charge in [-0.15, -0.1) is 24.8 Å². The molecule has 3 nitrogen and oxygen atoms in total. The lowest BCUT2D eigenvalue weighted by molar-refractivity contribution is 0.740. The predicted octanol–water partition coefficient (Wildman–Crippen LogP) is 3.82. The molecule has 3 rings (SSSR count). The molecule has 0 bridgehead atoms. The molecule has 0 atom stereocenters. The standard InChI is InChI=1S/C18H19N3.2ClH/c19-12-17-14-21(13-16-9-5-2-6-10-16)18(20-17)11-15-7-3-1-4-8-15;;/h1-10,14H,11-13,19H2;2*1H. The summed E-state index contributed by atoms with van der Waals surface area (Å²) in [5.74, 6) is 1.06. The summed E-state index contributed by atoms with van der Waals surface area (Å²) < 4.78 is 2.20. The van der Waals surface area contributed by atoms with E-state index < -0.39 is 0 Å². The minimum Gasteiger partial charge on any atom is -0.330 e. The number of nitrogens with zero attached hydrogens (tertiary/aromatic N) is 2. The van der Waals surface area contributed by atoms with Crippen molar-refractivity contribution in [2.24, 2.45) is 5.73 Å². The number of hydrogen-bond acceptors (Lipinski definition) is 2. The maximum atomic E-state index is 5.74. The third-order valence-electron chi connectivity index (χ3n) is 3.52. The zero-order chi connectivity index (χ0) is 14.5. The van der Waals surface area contributed by atoms with Gasteiger partial charge in [0, 0.05) is 25.7 Å². The van der Waals surface area contributed by atoms with E-state index in [-0.39, 0.29) is 24.8 Å². The summed E-state index contributed by atoms with van der Waals surface area (Å²) in [6, 6.07) is 20.8. The highest BCUT2D eigenvalue weighted by molar-refractivity contribution is 5.85. The van der Waals surface area contributed by atoms with E-state index >= 15 is 0 Å². The van der Waals surface area contributed by atoms with Crippen LogP contribution in [0.1, 0.15) is 22.6 Å². The zero-order valence-corrected chi connectivity index (χ0v) is 14.4. The van der Waals surface area contributed by atoms with Crippen molar-refractivity contribution in [3.63, 3.8) is 0 Å². The van der Waals surface area contributed by atoms with Crippen LogP contribution in [-0.4, -0.2) is 9.55 Å². The minimum absolute atomic E-state index is 0. The van der Waals surface area contributed by atoms with Gasteiger partial charge in [-0.2, -0.15) is 0 Å². The fraction of sp³-hybridized carbons (Fsp3) is 0.167. The Labute approximate surface area is 149 Å². The quantitative estimate of drug-likeness (QED) is 0.760. The highest BCUT2D eigenvalue weighted by Gasteiger charge is 2.08. The first-order valence-corrected chi connectivity index (χ1v) is 7.18. The van der Waals surface area contributed by atoms with Gasteiger partial charge in [-0.05, 0) is 11.1 Å². The predicted molar refractivity (Wildman–Crippen MR) is 99.4 cm³/mol. The second-order valence-corrected chi connectivity index (χ2v) is 5.13. The molecule has 0 aliphatic heterocycles. The molecule has 0 fully saturated rings. The van der Waals surface area contributed by atoms with E-state index in [0.29, 0.717) is 6.54 Å². The molecular formula is C18H21Cl2N3. The summed E-state index contributed by atoms with van der Waals surface area (Å²) >= 11 is 0. The third-order valence-corrected chi connectivity index (χ3v) is 3.52. The number of hydrogen-bond donors (Lipinski definition) is 1. The lowest BCUT2D eigenvalue weighted by Gasteiger charge is -2.08. The SMILES string of the molecule is Cl.Cl.NCc1cn(Cc2ccccc2)c(Cc2ccccc2)n1. The first kappa shape index (κ1) is 19.2. The van der Waals surface area contributed by atoms with Crippen molar-refractivity contribution in [2.45, 2.75) is 19.5 Å². The molecule has 0 spiro atoms. The summed E-state index contributed by atoms with van der Waals surface area (Å²) in [5, 5.41) is 0. The molecule has 2 aromatic carbocycles. The average Bonchev–Trinajstić information content (AvgIpc) is 2.91. The number of imidazole rings is 1. The van der Waals surface area contributed by atoms with Crippen LogP contribution in [-0.2, 0) is 19.5 Å². The van der Waals surface area contributed by atoms with Crippen LogP contribution in [0, 0.1) is 0 Å². The monoisotopic (exact) mass is 349 g/mol. The van der Waals surface area contributed by atoms with Crippen LogP contribution in [0.5, 0.6) is 0 Å². The van der Waals surface area contributed by atoms with Gasteiger partial charge in [0.15, 0.2) is 0 Å². The Morgan fingerprint density at radius 3 is 1.96 bits per heavy atom. The zero-order valence-electron chi connectivity index (χ0n) is 12.8. The molecule has 5 heteroatoms. The minimum atomic E-state index is 0. The first-order valence-electron chi connectivity index (χ1n) is 7.18. The molecule has 0 saturated heterocycles. The highest BCUT2D eigenvalue weighted by atomic mass is 35.5. The fourth-order valence-corrected chi connectivity index (χ4v) is 2.45. The Hall–Kier alpha value is -1.81. The van der Waals surface area contributed by atoms with Crippen LogP contribution in [0.4, 0.5) is 0 Å². The number of aromatic nitrogens is 2. The van der Waals surface area contributed by atoms with Gasteiger partial charge in [0.2, 0.25) is 0 Å². The van der Waals surface area contributed by atoms with Gasteiger partial charge in [-0.25, -0.2) is 4.98 Å². The Morgan fingerprint density at radius 2 is 1.39 bits per heavy atom. The van der Waals surface area contributed by atoms with Gasteiger partial charge < -0.3 is 10.3 Å². The van der Waals surface area contributed by atoms with E-state index in [9.17, 15) is 0 Å². The van der Waals surface area contributed by atoms with Gasteiger partial charge in [0.1, 0.15) is 5.82 Å². The topological polar surface area (TPSA) is 43.8 Å². The van der Waals surface area contributed by atoms with Crippen LogP contribution in [0.15, 0.2) is 66.9 Å². The average molecular weight is 350 g/mol. The van der Waals surface area contributed by atoms with Crippen molar-refractivity contribution < 1.29 is 0 Å². The van der Waals surface area contributed by atoms with E-state index in [1.807, 2.05) is 12.1 Å². The van der Waals surface area contributed by atoms with Gasteiger partial charge in [-0.1, -0.05) is 60.7 Å². The summed E-state index contributed by atoms with van der Waals surface area (Å²) in [4.78, 5) is 4.66. The third kappa shape index (κ3) is 5.10. The van der Waals surface area contributed by atoms with E-state index in [1.165, 1.54) is 11.1 Å². The first-order chi connectivity index (χ1) is 10.3. The van der Waals surface area contributed by atoms with E-state index in [4.69, 9.17) is 5.73 Å². The Morgan fingerprint density at radius 1 is 0.826 bits per heavy atom. The molecular weight excluding hydrogens is 329 g/mol. The molecule has 122 valence electrons. The molecule has 1 aromatic heterocycles. The van der Waals surface area contributed by atoms with Gasteiger partial charge in [-0.3, -0.25) is 0 Å². The Bertz CT molecular complexity index is 638. The van der Waals surface area contributed by atoms with Crippen molar-refractivity contribution in [3.8, 4) is 0 Å². The van der Waals surface area contributed by atoms with Gasteiger partial charge in [0.05, 0.1) is 5.69 Å². The van der Waals surface area contributed by atoms with Crippen LogP contribution in [0.3, 0.4) is 0 Å². The summed E-state index contributed by atoms with van der Waals surface area (Å²) in [6.07, 6.45) is 2.89.